The van der Waals surface area contributed by atoms with E-state index < -0.39 is 11.6 Å². The summed E-state index contributed by atoms with van der Waals surface area (Å²) in [4.78, 5) is 12.0. The fourth-order valence-electron chi connectivity index (χ4n) is 2.08. The first-order valence-corrected chi connectivity index (χ1v) is 6.19. The van der Waals surface area contributed by atoms with Gasteiger partial charge in [0, 0.05) is 17.8 Å². The third kappa shape index (κ3) is 3.27. The monoisotopic (exact) mass is 270 g/mol. The maximum atomic E-state index is 13.0. The number of hydrogen-bond donors (Lipinski definition) is 2. The van der Waals surface area contributed by atoms with E-state index in [2.05, 4.69) is 10.6 Å². The van der Waals surface area contributed by atoms with Gasteiger partial charge < -0.3 is 15.4 Å². The lowest BCUT2D eigenvalue weighted by Crippen LogP contribution is -2.41. The summed E-state index contributed by atoms with van der Waals surface area (Å²) < 4.78 is 31.1. The number of benzene rings is 1. The van der Waals surface area contributed by atoms with Gasteiger partial charge in [0.25, 0.3) is 0 Å². The molecule has 6 heteroatoms. The molecule has 1 aromatic rings. The van der Waals surface area contributed by atoms with Gasteiger partial charge in [-0.2, -0.15) is 0 Å². The van der Waals surface area contributed by atoms with Crippen molar-refractivity contribution in [1.82, 2.24) is 5.32 Å². The van der Waals surface area contributed by atoms with Crippen molar-refractivity contribution in [1.29, 1.82) is 0 Å². The SMILES string of the molecule is CCNC1COCC1C(=O)Nc1ccc(F)c(F)c1. The first kappa shape index (κ1) is 13.9. The number of carbonyl (C=O) groups is 1. The van der Waals surface area contributed by atoms with Crippen LogP contribution in [0, 0.1) is 17.6 Å². The van der Waals surface area contributed by atoms with E-state index in [0.717, 1.165) is 18.7 Å². The molecule has 1 aliphatic heterocycles. The summed E-state index contributed by atoms with van der Waals surface area (Å²) in [5.74, 6) is -2.50. The van der Waals surface area contributed by atoms with E-state index in [1.807, 2.05) is 6.92 Å². The quantitative estimate of drug-likeness (QED) is 0.872. The molecule has 0 spiro atoms. The maximum absolute atomic E-state index is 13.0. The molecule has 1 amide bonds. The lowest BCUT2D eigenvalue weighted by Gasteiger charge is -2.17. The summed E-state index contributed by atoms with van der Waals surface area (Å²) in [7, 11) is 0. The number of rotatable bonds is 4. The molecule has 0 saturated carbocycles. The minimum atomic E-state index is -0.983. The van der Waals surface area contributed by atoms with Crippen molar-refractivity contribution in [3.63, 3.8) is 0 Å². The summed E-state index contributed by atoms with van der Waals surface area (Å²) in [5, 5.41) is 5.74. The third-order valence-electron chi connectivity index (χ3n) is 3.07. The number of ether oxygens (including phenoxy) is 1. The Kier molecular flexibility index (Phi) is 4.44. The normalized spacial score (nSPS) is 22.5. The van der Waals surface area contributed by atoms with Gasteiger partial charge in [0.05, 0.1) is 19.1 Å². The Balaban J connectivity index is 2.02. The van der Waals surface area contributed by atoms with Gasteiger partial charge in [-0.1, -0.05) is 6.92 Å². The molecule has 1 aromatic carbocycles. The predicted octanol–water partition coefficient (Wildman–Crippen LogP) is 1.53. The highest BCUT2D eigenvalue weighted by Crippen LogP contribution is 2.18. The van der Waals surface area contributed by atoms with Gasteiger partial charge in [0.2, 0.25) is 5.91 Å². The second-order valence-corrected chi connectivity index (χ2v) is 4.43. The Labute approximate surface area is 110 Å². The highest BCUT2D eigenvalue weighted by molar-refractivity contribution is 5.93. The molecule has 4 nitrogen and oxygen atoms in total. The van der Waals surface area contributed by atoms with E-state index in [9.17, 15) is 13.6 Å². The van der Waals surface area contributed by atoms with Crippen LogP contribution in [-0.2, 0) is 9.53 Å². The Morgan fingerprint density at radius 2 is 2.16 bits per heavy atom. The van der Waals surface area contributed by atoms with Gasteiger partial charge in [0.15, 0.2) is 11.6 Å². The van der Waals surface area contributed by atoms with Crippen molar-refractivity contribution in [3.8, 4) is 0 Å². The Hall–Kier alpha value is -1.53. The molecular weight excluding hydrogens is 254 g/mol. The number of nitrogens with one attached hydrogen (secondary N) is 2. The molecule has 2 atom stereocenters. The molecule has 1 fully saturated rings. The average Bonchev–Trinajstić information content (AvgIpc) is 2.83. The third-order valence-corrected chi connectivity index (χ3v) is 3.07. The molecule has 19 heavy (non-hydrogen) atoms. The molecule has 1 saturated heterocycles. The van der Waals surface area contributed by atoms with Gasteiger partial charge >= 0.3 is 0 Å². The number of carbonyl (C=O) groups excluding carboxylic acids is 1. The van der Waals surface area contributed by atoms with Crippen LogP contribution in [0.1, 0.15) is 6.92 Å². The van der Waals surface area contributed by atoms with E-state index in [-0.39, 0.29) is 23.6 Å². The van der Waals surface area contributed by atoms with Crippen molar-refractivity contribution in [2.75, 3.05) is 25.1 Å². The number of amides is 1. The van der Waals surface area contributed by atoms with E-state index >= 15 is 0 Å². The zero-order valence-corrected chi connectivity index (χ0v) is 10.6. The van der Waals surface area contributed by atoms with Gasteiger partial charge in [-0.3, -0.25) is 4.79 Å². The molecule has 0 aromatic heterocycles. The van der Waals surface area contributed by atoms with Crippen LogP contribution in [0.2, 0.25) is 0 Å². The highest BCUT2D eigenvalue weighted by atomic mass is 19.2. The minimum absolute atomic E-state index is 0.0460. The smallest absolute Gasteiger partial charge is 0.231 e. The van der Waals surface area contributed by atoms with Crippen LogP contribution in [0.15, 0.2) is 18.2 Å². The predicted molar refractivity (Wildman–Crippen MR) is 66.8 cm³/mol. The number of hydrogen-bond acceptors (Lipinski definition) is 3. The van der Waals surface area contributed by atoms with Gasteiger partial charge in [-0.05, 0) is 18.7 Å². The molecule has 1 heterocycles. The van der Waals surface area contributed by atoms with Crippen molar-refractivity contribution in [2.45, 2.75) is 13.0 Å². The molecule has 2 unspecified atom stereocenters. The lowest BCUT2D eigenvalue weighted by molar-refractivity contribution is -0.120. The van der Waals surface area contributed by atoms with E-state index in [1.54, 1.807) is 0 Å². The highest BCUT2D eigenvalue weighted by Gasteiger charge is 2.33. The molecule has 104 valence electrons. The van der Waals surface area contributed by atoms with Gasteiger partial charge in [-0.15, -0.1) is 0 Å². The lowest BCUT2D eigenvalue weighted by atomic mass is 10.0. The van der Waals surface area contributed by atoms with Crippen LogP contribution in [0.25, 0.3) is 0 Å². The zero-order valence-electron chi connectivity index (χ0n) is 10.6. The van der Waals surface area contributed by atoms with Crippen LogP contribution in [0.3, 0.4) is 0 Å². The Morgan fingerprint density at radius 1 is 1.37 bits per heavy atom. The largest absolute Gasteiger partial charge is 0.379 e. The first-order valence-electron chi connectivity index (χ1n) is 6.19. The Morgan fingerprint density at radius 3 is 2.84 bits per heavy atom. The fourth-order valence-corrected chi connectivity index (χ4v) is 2.08. The summed E-state index contributed by atoms with van der Waals surface area (Å²) in [6, 6.07) is 3.23. The molecule has 2 rings (SSSR count). The molecule has 1 aliphatic rings. The number of likely N-dealkylation sites (N-methyl/N-ethyl adjacent to an activating group) is 1. The maximum Gasteiger partial charge on any atom is 0.231 e. The van der Waals surface area contributed by atoms with Crippen molar-refractivity contribution in [3.05, 3.63) is 29.8 Å². The number of anilines is 1. The summed E-state index contributed by atoms with van der Waals surface area (Å²) in [6.45, 7) is 3.49. The number of halogens is 2. The minimum Gasteiger partial charge on any atom is -0.379 e. The van der Waals surface area contributed by atoms with Crippen LogP contribution < -0.4 is 10.6 Å². The van der Waals surface area contributed by atoms with Gasteiger partial charge in [0.1, 0.15) is 0 Å². The average molecular weight is 270 g/mol. The first-order chi connectivity index (χ1) is 9.11. The Bertz CT molecular complexity index is 468. The van der Waals surface area contributed by atoms with E-state index in [1.165, 1.54) is 6.07 Å². The summed E-state index contributed by atoms with van der Waals surface area (Å²) >= 11 is 0. The second-order valence-electron chi connectivity index (χ2n) is 4.43. The molecule has 0 aliphatic carbocycles. The molecule has 0 radical (unpaired) electrons. The van der Waals surface area contributed by atoms with Crippen molar-refractivity contribution >= 4 is 11.6 Å². The molecule has 2 N–H and O–H groups in total. The zero-order chi connectivity index (χ0) is 13.8. The van der Waals surface area contributed by atoms with Crippen LogP contribution >= 0.6 is 0 Å². The second kappa shape index (κ2) is 6.08. The van der Waals surface area contributed by atoms with Crippen LogP contribution in [-0.4, -0.2) is 31.7 Å². The standard InChI is InChI=1S/C13H16F2N2O2/c1-2-16-12-7-19-6-9(12)13(18)17-8-3-4-10(14)11(15)5-8/h3-5,9,12,16H,2,6-7H2,1H3,(H,17,18). The summed E-state index contributed by atoms with van der Waals surface area (Å²) in [6.07, 6.45) is 0. The van der Waals surface area contributed by atoms with Crippen LogP contribution in [0.5, 0.6) is 0 Å². The van der Waals surface area contributed by atoms with Crippen molar-refractivity contribution < 1.29 is 18.3 Å². The van der Waals surface area contributed by atoms with Gasteiger partial charge in [-0.25, -0.2) is 8.78 Å². The topological polar surface area (TPSA) is 50.4 Å². The fraction of sp³-hybridized carbons (Fsp3) is 0.462. The van der Waals surface area contributed by atoms with Crippen molar-refractivity contribution in [2.24, 2.45) is 5.92 Å². The molecular formula is C13H16F2N2O2. The molecule has 0 bridgehead atoms. The van der Waals surface area contributed by atoms with Crippen LogP contribution in [0.4, 0.5) is 14.5 Å². The van der Waals surface area contributed by atoms with E-state index in [4.69, 9.17) is 4.74 Å². The van der Waals surface area contributed by atoms with E-state index in [0.29, 0.717) is 13.2 Å². The summed E-state index contributed by atoms with van der Waals surface area (Å²) in [5.41, 5.74) is 0.242.